The first kappa shape index (κ1) is 64.5. The van der Waals surface area contributed by atoms with Crippen molar-refractivity contribution in [1.29, 1.82) is 0 Å². The molecule has 0 radical (unpaired) electrons. The molecule has 0 aromatic rings. The molecule has 1 saturated carbocycles. The number of nitrogens with one attached hydrogen (secondary N) is 1. The minimum Gasteiger partial charge on any atom is -0.457 e. The van der Waals surface area contributed by atoms with Crippen LogP contribution in [0.1, 0.15) is 133 Å². The molecule has 0 bridgehead atoms. The minimum atomic E-state index is -5.71. The summed E-state index contributed by atoms with van der Waals surface area (Å²) in [7, 11) is -22.1. The predicted octanol–water partition coefficient (Wildman–Crippen LogP) is 4.95. The number of aliphatic hydroxyl groups excluding tert-OH is 3. The Kier molecular flexibility index (Phi) is 34.2. The third-order valence-corrected chi connectivity index (χ3v) is 12.2. The molecular weight excluding hydrogens is 970 g/mol. The number of aliphatic hydroxyl groups is 3. The van der Waals surface area contributed by atoms with Gasteiger partial charge in [-0.1, -0.05) is 96.8 Å². The summed E-state index contributed by atoms with van der Waals surface area (Å²) in [5, 5.41) is 33.1. The fourth-order valence-electron chi connectivity index (χ4n) is 6.28. The van der Waals surface area contributed by atoms with Gasteiger partial charge in [-0.25, -0.2) is 13.7 Å². The van der Waals surface area contributed by atoms with E-state index in [1.807, 2.05) is 6.92 Å². The van der Waals surface area contributed by atoms with Crippen LogP contribution in [-0.2, 0) is 55.4 Å². The third-order valence-electron chi connectivity index (χ3n) is 9.24. The van der Waals surface area contributed by atoms with E-state index in [1.165, 1.54) is 44.9 Å². The summed E-state index contributed by atoms with van der Waals surface area (Å²) in [5.41, 5.74) is 0. The maximum atomic E-state index is 13.1. The van der Waals surface area contributed by atoms with Gasteiger partial charge >= 0.3 is 37.0 Å². The van der Waals surface area contributed by atoms with Gasteiger partial charge in [0.15, 0.2) is 0 Å². The molecule has 1 rings (SSSR count). The Hall–Kier alpha value is -2.50. The van der Waals surface area contributed by atoms with E-state index in [-0.39, 0.29) is 22.3 Å². The lowest BCUT2D eigenvalue weighted by atomic mass is 9.79. The normalized spacial score (nSPS) is 20.6. The van der Waals surface area contributed by atoms with E-state index in [1.54, 1.807) is 6.92 Å². The van der Waals surface area contributed by atoms with E-state index < -0.39 is 106 Å². The summed E-state index contributed by atoms with van der Waals surface area (Å²) < 4.78 is 76.0. The van der Waals surface area contributed by atoms with E-state index in [0.29, 0.717) is 12.8 Å². The van der Waals surface area contributed by atoms with Gasteiger partial charge in [-0.15, -0.1) is 0 Å². The number of carbonyl (C=O) groups excluding carboxylic acids is 2. The van der Waals surface area contributed by atoms with Crippen molar-refractivity contribution < 1.29 is 115 Å². The number of hydrogen-bond donors (Lipinski definition) is 11. The van der Waals surface area contributed by atoms with Crippen molar-refractivity contribution in [1.82, 2.24) is 5.32 Å². The number of rotatable bonds is 31. The molecule has 0 aliphatic heterocycles. The lowest BCUT2D eigenvalue weighted by Crippen LogP contribution is -2.63. The van der Waals surface area contributed by atoms with Crippen LogP contribution in [0.4, 0.5) is 0 Å². The number of unbranched alkanes of at least 4 members (excludes halogenated alkanes) is 12. The molecule has 1 amide bonds. The maximum absolute atomic E-state index is 13.1. The molecule has 67 heavy (non-hydrogen) atoms. The topological polar surface area (TPSA) is 372 Å². The van der Waals surface area contributed by atoms with Crippen LogP contribution in [0.15, 0.2) is 0 Å². The smallest absolute Gasteiger partial charge is 0.457 e. The summed E-state index contributed by atoms with van der Waals surface area (Å²) in [6.07, 6.45) is -0.0614. The van der Waals surface area contributed by atoms with Crippen molar-refractivity contribution >= 4 is 42.9 Å². The highest BCUT2D eigenvalue weighted by atomic mass is 31.2. The van der Waals surface area contributed by atoms with Gasteiger partial charge in [-0.2, -0.15) is 0 Å². The monoisotopic (exact) mass is 1050 g/mol. The van der Waals surface area contributed by atoms with E-state index in [9.17, 15) is 72.3 Å². The number of ether oxygens (including phenoxy) is 2. The standard InChI is InChI=1S/C27H56O21P4.C13H11NO.7H2/c1-2-3-4-5-6-7-8-9-10-11-12-13-14-15-22(29)45-20(16-43-19-28)17-44-49(32,33)18-21-23(30)25(46-50(34,35)36)27(48-52(40,41)42)26(24(21)31)47-51(37,38)39;1-3-5-6-7-8-9-10-12-14-13(15)11-4-2;;;;;;;/h20-21,23-28,30-31H,2-19H2,1H3,(H,32,33)(H2,34,35,36)(H2,37,38,39)(H2,40,41,42);4,11H2,1-2H3,(H,14,15);7*1H/t20-,21?,23-,24?,25?,26+,27?;;;;;;;;/m1......../s1. The molecule has 0 spiro atoms. The Bertz CT molecular complexity index is 1900. The lowest BCUT2D eigenvalue weighted by molar-refractivity contribution is -0.188. The van der Waals surface area contributed by atoms with Gasteiger partial charge in [0.2, 0.25) is 5.91 Å². The van der Waals surface area contributed by atoms with Gasteiger partial charge in [0.05, 0.1) is 31.6 Å². The Labute approximate surface area is 402 Å². The Morgan fingerprint density at radius 3 is 1.51 bits per heavy atom. The lowest BCUT2D eigenvalue weighted by Gasteiger charge is -2.46. The van der Waals surface area contributed by atoms with Gasteiger partial charge in [-0.05, 0) is 37.5 Å². The first-order valence-electron chi connectivity index (χ1n) is 21.5. The van der Waals surface area contributed by atoms with Gasteiger partial charge in [0.1, 0.15) is 31.2 Å². The highest BCUT2D eigenvalue weighted by Crippen LogP contribution is 2.54. The summed E-state index contributed by atoms with van der Waals surface area (Å²) >= 11 is 0. The van der Waals surface area contributed by atoms with Crippen LogP contribution in [0.25, 0.3) is 0 Å². The summed E-state index contributed by atoms with van der Waals surface area (Å²) in [5.74, 6) is 14.7. The molecular formula is C40H81NO22P4. The summed E-state index contributed by atoms with van der Waals surface area (Å²) in [6, 6.07) is 2.43. The molecule has 27 heteroatoms. The SMILES string of the molecule is CC#CC#CC#CC#CNC(=O)CCC.CCCCCCCCCCCCCCCC(=O)O[C@H](COCO)COP(=O)(O)CC1C(O)[C@H](OP(=O)(O)O)C(OP(=O)(O)O)C(OP(=O)(O)O)[C@@H]1O.[HH].[HH].[HH].[HH].[HH].[HH].[HH]. The van der Waals surface area contributed by atoms with Crippen LogP contribution < -0.4 is 5.32 Å². The number of carbonyl (C=O) groups is 2. The summed E-state index contributed by atoms with van der Waals surface area (Å²) in [6.45, 7) is 3.67. The van der Waals surface area contributed by atoms with Gasteiger partial charge in [0.25, 0.3) is 0 Å². The second kappa shape index (κ2) is 35.6. The van der Waals surface area contributed by atoms with E-state index >= 15 is 0 Å². The van der Waals surface area contributed by atoms with Crippen LogP contribution in [0, 0.1) is 53.4 Å². The zero-order valence-corrected chi connectivity index (χ0v) is 41.4. The minimum absolute atomic E-state index is 0. The second-order valence-electron chi connectivity index (χ2n) is 15.0. The Balaban J connectivity index is -0.000000286. The van der Waals surface area contributed by atoms with Crippen LogP contribution >= 0.6 is 31.1 Å². The molecule has 1 aliphatic carbocycles. The fraction of sp³-hybridized carbons (Fsp3) is 0.750. The average Bonchev–Trinajstić information content (AvgIpc) is 3.22. The van der Waals surface area contributed by atoms with Crippen molar-refractivity contribution in [3.63, 3.8) is 0 Å². The molecule has 398 valence electrons. The molecule has 11 N–H and O–H groups in total. The third kappa shape index (κ3) is 34.4. The first-order valence-corrected chi connectivity index (χ1v) is 27.9. The van der Waals surface area contributed by atoms with Gasteiger partial charge < -0.3 is 63.6 Å². The van der Waals surface area contributed by atoms with Gasteiger partial charge in [-0.3, -0.25) is 33.0 Å². The van der Waals surface area contributed by atoms with Gasteiger partial charge in [0, 0.05) is 52.6 Å². The Morgan fingerprint density at radius 2 is 1.06 bits per heavy atom. The molecule has 0 aromatic heterocycles. The molecule has 5 unspecified atom stereocenters. The number of phosphoric acid groups is 3. The molecule has 0 heterocycles. The van der Waals surface area contributed by atoms with Crippen molar-refractivity contribution in [2.75, 3.05) is 26.2 Å². The van der Waals surface area contributed by atoms with Crippen molar-refractivity contribution in [2.24, 2.45) is 5.92 Å². The zero-order chi connectivity index (χ0) is 50.9. The highest BCUT2D eigenvalue weighted by molar-refractivity contribution is 7.52. The predicted molar refractivity (Wildman–Crippen MR) is 255 cm³/mol. The maximum Gasteiger partial charge on any atom is 0.470 e. The number of amides is 1. The van der Waals surface area contributed by atoms with Crippen LogP contribution in [0.3, 0.4) is 0 Å². The Morgan fingerprint density at radius 1 is 0.612 bits per heavy atom. The van der Waals surface area contributed by atoms with Crippen molar-refractivity contribution in [2.45, 2.75) is 160 Å². The van der Waals surface area contributed by atoms with Crippen LogP contribution in [-0.4, -0.2) is 124 Å². The van der Waals surface area contributed by atoms with Crippen LogP contribution in [0.5, 0.6) is 0 Å². The molecule has 0 saturated heterocycles. The number of esters is 1. The quantitative estimate of drug-likeness (QED) is 0.0109. The van der Waals surface area contributed by atoms with E-state index in [0.717, 1.165) is 38.5 Å². The number of hydrogen-bond acceptors (Lipinski definition) is 15. The second-order valence-corrected chi connectivity index (χ2v) is 20.4. The first-order chi connectivity index (χ1) is 31.4. The summed E-state index contributed by atoms with van der Waals surface area (Å²) in [4.78, 5) is 89.8. The highest BCUT2D eigenvalue weighted by Gasteiger charge is 2.58. The molecule has 1 fully saturated rings. The fourth-order valence-corrected chi connectivity index (χ4v) is 9.43. The van der Waals surface area contributed by atoms with Crippen molar-refractivity contribution in [3.8, 4) is 47.5 Å². The van der Waals surface area contributed by atoms with E-state index in [4.69, 9.17) is 19.1 Å². The number of phosphoric ester groups is 3. The molecule has 8 atom stereocenters. The molecule has 0 aromatic carbocycles. The average molecular weight is 1050 g/mol. The largest absolute Gasteiger partial charge is 0.470 e. The van der Waals surface area contributed by atoms with Crippen LogP contribution in [0.2, 0.25) is 0 Å². The van der Waals surface area contributed by atoms with Crippen molar-refractivity contribution in [3.05, 3.63) is 0 Å². The zero-order valence-electron chi connectivity index (χ0n) is 37.8. The molecule has 23 nitrogen and oxygen atoms in total. The van der Waals surface area contributed by atoms with E-state index in [2.05, 4.69) is 73.3 Å². The molecule has 1 aliphatic rings.